The molecule has 4 heterocycles. The number of hydrogen-bond donors (Lipinski definition) is 2. The van der Waals surface area contributed by atoms with Gasteiger partial charge in [-0.05, 0) is 72.9 Å². The maximum Gasteiger partial charge on any atom is 0.274 e. The van der Waals surface area contributed by atoms with E-state index in [0.717, 1.165) is 33.7 Å². The van der Waals surface area contributed by atoms with Crippen molar-refractivity contribution in [2.45, 2.75) is 77.3 Å². The normalized spacial score (nSPS) is 17.6. The Balaban J connectivity index is 1.02. The van der Waals surface area contributed by atoms with E-state index in [4.69, 9.17) is 0 Å². The highest BCUT2D eigenvalue weighted by Crippen LogP contribution is 2.30. The number of carbonyl (C=O) groups excluding carboxylic acids is 4. The molecule has 2 saturated heterocycles. The lowest BCUT2D eigenvalue weighted by Crippen LogP contribution is -2.43. The highest BCUT2D eigenvalue weighted by molar-refractivity contribution is 7.10. The topological polar surface area (TPSA) is 125 Å². The summed E-state index contributed by atoms with van der Waals surface area (Å²) in [5.74, 6) is -0.362. The lowest BCUT2D eigenvalue weighted by atomic mass is 10.1. The largest absolute Gasteiger partial charge is 0.325 e. The van der Waals surface area contributed by atoms with Crippen molar-refractivity contribution in [2.24, 2.45) is 0 Å². The van der Waals surface area contributed by atoms with Crippen LogP contribution in [0.15, 0.2) is 59.6 Å². The Morgan fingerprint density at radius 2 is 1.04 bits per heavy atom. The van der Waals surface area contributed by atoms with Gasteiger partial charge in [0, 0.05) is 34.2 Å². The van der Waals surface area contributed by atoms with E-state index in [1.54, 1.807) is 20.8 Å². The van der Waals surface area contributed by atoms with E-state index in [-0.39, 0.29) is 35.5 Å². The van der Waals surface area contributed by atoms with Crippen molar-refractivity contribution in [2.75, 3.05) is 23.7 Å². The lowest BCUT2D eigenvalue weighted by Gasteiger charge is -2.24. The summed E-state index contributed by atoms with van der Waals surface area (Å²) in [5, 5.41) is 5.97. The minimum absolute atomic E-state index is 0.178. The predicted molar refractivity (Wildman–Crippen MR) is 200 cm³/mol. The number of amides is 4. The standard InChI is InChI=1S/C38H42N6O4S2/c1-23(2)33-31(39-21-49-33)37(47)43-19-5-7-29(43)35(45)41-27-15-11-25(12-16-27)9-10-26-13-17-28(18-14-26)42-36(46)30-8-6-20-44(30)38(48)32-34(24(3)4)50-22-40-32/h9-18,21-24,29-30H,5-8,19-20H2,1-4H3,(H,41,45)(H,42,46)/t29-,30-/m0/s1. The van der Waals surface area contributed by atoms with Gasteiger partial charge in [0.15, 0.2) is 0 Å². The van der Waals surface area contributed by atoms with Crippen molar-refractivity contribution in [3.05, 3.63) is 91.8 Å². The molecule has 0 saturated carbocycles. The first-order valence-electron chi connectivity index (χ1n) is 17.1. The van der Waals surface area contributed by atoms with Crippen molar-refractivity contribution in [1.82, 2.24) is 19.8 Å². The summed E-state index contributed by atoms with van der Waals surface area (Å²) >= 11 is 2.95. The molecule has 0 aliphatic carbocycles. The molecule has 2 fully saturated rings. The molecule has 0 unspecified atom stereocenters. The molecule has 260 valence electrons. The van der Waals surface area contributed by atoms with Crippen LogP contribution in [0.5, 0.6) is 0 Å². The van der Waals surface area contributed by atoms with Crippen LogP contribution in [0.2, 0.25) is 0 Å². The number of aromatic nitrogens is 2. The van der Waals surface area contributed by atoms with E-state index in [1.165, 1.54) is 22.7 Å². The third-order valence-corrected chi connectivity index (χ3v) is 11.4. The molecule has 4 amide bonds. The van der Waals surface area contributed by atoms with Gasteiger partial charge in [0.05, 0.1) is 11.0 Å². The number of benzene rings is 2. The zero-order valence-corrected chi connectivity index (χ0v) is 30.4. The highest BCUT2D eigenvalue weighted by atomic mass is 32.1. The van der Waals surface area contributed by atoms with Gasteiger partial charge in [-0.15, -0.1) is 22.7 Å². The van der Waals surface area contributed by atoms with Crippen molar-refractivity contribution < 1.29 is 19.2 Å². The predicted octanol–water partition coefficient (Wildman–Crippen LogP) is 7.50. The molecule has 10 nitrogen and oxygen atoms in total. The molecule has 2 aromatic carbocycles. The van der Waals surface area contributed by atoms with E-state index in [0.29, 0.717) is 48.7 Å². The Morgan fingerprint density at radius 3 is 1.40 bits per heavy atom. The smallest absolute Gasteiger partial charge is 0.274 e. The number of thiazole rings is 2. The summed E-state index contributed by atoms with van der Waals surface area (Å²) in [4.78, 5) is 66.9. The summed E-state index contributed by atoms with van der Waals surface area (Å²) in [5.41, 5.74) is 7.54. The summed E-state index contributed by atoms with van der Waals surface area (Å²) < 4.78 is 0. The van der Waals surface area contributed by atoms with Gasteiger partial charge in [-0.2, -0.15) is 0 Å². The van der Waals surface area contributed by atoms with Gasteiger partial charge in [-0.25, -0.2) is 9.97 Å². The molecular formula is C38H42N6O4S2. The summed E-state index contributed by atoms with van der Waals surface area (Å²) in [6.07, 6.45) is 6.73. The zero-order valence-electron chi connectivity index (χ0n) is 28.7. The molecule has 12 heteroatoms. The third-order valence-electron chi connectivity index (χ3n) is 9.10. The maximum absolute atomic E-state index is 13.3. The van der Waals surface area contributed by atoms with E-state index in [9.17, 15) is 19.2 Å². The van der Waals surface area contributed by atoms with E-state index < -0.39 is 12.1 Å². The molecule has 0 radical (unpaired) electrons. The molecule has 6 rings (SSSR count). The number of nitrogens with one attached hydrogen (secondary N) is 2. The van der Waals surface area contributed by atoms with Crippen LogP contribution in [0.4, 0.5) is 11.4 Å². The van der Waals surface area contributed by atoms with Gasteiger partial charge in [0.2, 0.25) is 11.8 Å². The fourth-order valence-electron chi connectivity index (χ4n) is 6.49. The Hall–Kier alpha value is -4.68. The first-order valence-corrected chi connectivity index (χ1v) is 18.8. The number of rotatable bonds is 10. The third kappa shape index (κ3) is 7.71. The quantitative estimate of drug-likeness (QED) is 0.164. The van der Waals surface area contributed by atoms with Crippen LogP contribution in [-0.2, 0) is 9.59 Å². The van der Waals surface area contributed by atoms with Gasteiger partial charge in [-0.1, -0.05) is 64.1 Å². The number of nitrogens with zero attached hydrogens (tertiary/aromatic N) is 4. The molecule has 0 spiro atoms. The van der Waals surface area contributed by atoms with Crippen LogP contribution < -0.4 is 10.6 Å². The van der Waals surface area contributed by atoms with Crippen LogP contribution >= 0.6 is 22.7 Å². The van der Waals surface area contributed by atoms with Crippen LogP contribution in [0.1, 0.15) is 107 Å². The van der Waals surface area contributed by atoms with Crippen molar-refractivity contribution in [1.29, 1.82) is 0 Å². The summed E-state index contributed by atoms with van der Waals surface area (Å²) in [6.45, 7) is 9.24. The Morgan fingerprint density at radius 1 is 0.660 bits per heavy atom. The molecule has 2 N–H and O–H groups in total. The summed E-state index contributed by atoms with van der Waals surface area (Å²) in [7, 11) is 0. The zero-order chi connectivity index (χ0) is 35.4. The average molecular weight is 711 g/mol. The molecule has 50 heavy (non-hydrogen) atoms. The highest BCUT2D eigenvalue weighted by Gasteiger charge is 2.37. The molecule has 0 bridgehead atoms. The molecule has 2 atom stereocenters. The first-order chi connectivity index (χ1) is 24.1. The Bertz CT molecular complexity index is 1740. The first kappa shape index (κ1) is 35.2. The molecule has 4 aromatic rings. The number of likely N-dealkylation sites (tertiary alicyclic amines) is 2. The second-order valence-corrected chi connectivity index (χ2v) is 15.1. The van der Waals surface area contributed by atoms with Crippen LogP contribution in [0, 0.1) is 0 Å². The van der Waals surface area contributed by atoms with Crippen LogP contribution in [0.3, 0.4) is 0 Å². The minimum atomic E-state index is -0.530. The van der Waals surface area contributed by atoms with E-state index in [1.807, 2.05) is 88.4 Å². The minimum Gasteiger partial charge on any atom is -0.325 e. The van der Waals surface area contributed by atoms with Gasteiger partial charge < -0.3 is 20.4 Å². The second kappa shape index (κ2) is 15.5. The number of carbonyl (C=O) groups is 4. The van der Waals surface area contributed by atoms with Crippen molar-refractivity contribution in [3.63, 3.8) is 0 Å². The molecule has 2 aromatic heterocycles. The number of anilines is 2. The van der Waals surface area contributed by atoms with Crippen LogP contribution in [-0.4, -0.2) is 68.6 Å². The lowest BCUT2D eigenvalue weighted by molar-refractivity contribution is -0.120. The Labute approximate surface area is 300 Å². The van der Waals surface area contributed by atoms with Gasteiger partial charge in [0.25, 0.3) is 11.8 Å². The van der Waals surface area contributed by atoms with Crippen LogP contribution in [0.25, 0.3) is 12.2 Å². The van der Waals surface area contributed by atoms with E-state index >= 15 is 0 Å². The SMILES string of the molecule is CC(C)c1scnc1C(=O)N1CCC[C@H]1C(=O)Nc1ccc(C=Cc2ccc(NC(=O)[C@@H]3CCCN3C(=O)c3ncsc3C(C)C)cc2)cc1. The molecular weight excluding hydrogens is 669 g/mol. The number of hydrogen-bond acceptors (Lipinski definition) is 8. The van der Waals surface area contributed by atoms with Crippen molar-refractivity contribution in [3.8, 4) is 0 Å². The maximum atomic E-state index is 13.3. The monoisotopic (exact) mass is 710 g/mol. The fourth-order valence-corrected chi connectivity index (χ4v) is 8.08. The molecule has 2 aliphatic rings. The fraction of sp³-hybridized carbons (Fsp3) is 0.368. The second-order valence-electron chi connectivity index (χ2n) is 13.3. The van der Waals surface area contributed by atoms with Gasteiger partial charge >= 0.3 is 0 Å². The molecule has 2 aliphatic heterocycles. The average Bonchev–Trinajstić information content (AvgIpc) is 3.94. The van der Waals surface area contributed by atoms with E-state index in [2.05, 4.69) is 20.6 Å². The summed E-state index contributed by atoms with van der Waals surface area (Å²) in [6, 6.07) is 14.0. The van der Waals surface area contributed by atoms with Crippen molar-refractivity contribution >= 4 is 69.8 Å². The Kier molecular flexibility index (Phi) is 10.9. The van der Waals surface area contributed by atoms with Gasteiger partial charge in [-0.3, -0.25) is 19.2 Å². The van der Waals surface area contributed by atoms with Gasteiger partial charge in [0.1, 0.15) is 23.5 Å².